The molecule has 0 aromatic carbocycles. The molecule has 0 aromatic heterocycles. The molecule has 11 heavy (non-hydrogen) atoms. The summed E-state index contributed by atoms with van der Waals surface area (Å²) in [4.78, 5) is 0. The first-order valence-electron chi connectivity index (χ1n) is 3.97. The summed E-state index contributed by atoms with van der Waals surface area (Å²) in [6, 6.07) is 0. The summed E-state index contributed by atoms with van der Waals surface area (Å²) in [6.07, 6.45) is 3.56. The van der Waals surface area contributed by atoms with Gasteiger partial charge in [-0.05, 0) is 19.3 Å². The number of ether oxygens (including phenoxy) is 2. The molecule has 0 aliphatic heterocycles. The third-order valence-corrected chi connectivity index (χ3v) is 2.76. The van der Waals surface area contributed by atoms with Crippen molar-refractivity contribution < 1.29 is 9.47 Å². The topological polar surface area (TPSA) is 18.5 Å². The first kappa shape index (κ1) is 9.30. The van der Waals surface area contributed by atoms with Crippen molar-refractivity contribution in [2.24, 2.45) is 0 Å². The summed E-state index contributed by atoms with van der Waals surface area (Å²) in [5, 5.41) is 0.124. The predicted molar refractivity (Wildman–Crippen MR) is 45.1 cm³/mol. The Hall–Kier alpha value is 0.210. The van der Waals surface area contributed by atoms with Crippen LogP contribution < -0.4 is 0 Å². The van der Waals surface area contributed by atoms with Crippen molar-refractivity contribution in [3.8, 4) is 0 Å². The van der Waals surface area contributed by atoms with Gasteiger partial charge in [0.15, 0.2) is 0 Å². The third kappa shape index (κ3) is 2.32. The van der Waals surface area contributed by atoms with Crippen molar-refractivity contribution >= 4 is 11.6 Å². The fourth-order valence-corrected chi connectivity index (χ4v) is 1.96. The molecule has 0 amide bonds. The van der Waals surface area contributed by atoms with E-state index in [-0.39, 0.29) is 11.5 Å². The normalized spacial score (nSPS) is 39.0. The lowest BCUT2D eigenvalue weighted by atomic mass is 9.94. The highest BCUT2D eigenvalue weighted by Crippen LogP contribution is 2.26. The highest BCUT2D eigenvalue weighted by Gasteiger charge is 2.28. The van der Waals surface area contributed by atoms with E-state index in [1.165, 1.54) is 0 Å². The summed E-state index contributed by atoms with van der Waals surface area (Å²) < 4.78 is 10.4. The highest BCUT2D eigenvalue weighted by molar-refractivity contribution is 6.21. The minimum atomic E-state index is 0.124. The average molecular weight is 179 g/mol. The van der Waals surface area contributed by atoms with Crippen molar-refractivity contribution in [2.75, 3.05) is 14.2 Å². The SMILES string of the molecule is COC1CCC(OC)C(Cl)C1. The molecule has 0 N–H and O–H groups in total. The Bertz CT molecular complexity index is 119. The molecule has 1 fully saturated rings. The van der Waals surface area contributed by atoms with Crippen LogP contribution in [0.3, 0.4) is 0 Å². The molecule has 0 spiro atoms. The molecule has 2 nitrogen and oxygen atoms in total. The summed E-state index contributed by atoms with van der Waals surface area (Å²) in [5.74, 6) is 0. The molecule has 1 rings (SSSR count). The maximum Gasteiger partial charge on any atom is 0.0736 e. The van der Waals surface area contributed by atoms with Crippen molar-refractivity contribution in [1.29, 1.82) is 0 Å². The molecule has 1 saturated carbocycles. The van der Waals surface area contributed by atoms with Crippen molar-refractivity contribution in [2.45, 2.75) is 36.8 Å². The number of methoxy groups -OCH3 is 2. The quantitative estimate of drug-likeness (QED) is 0.601. The fourth-order valence-electron chi connectivity index (χ4n) is 1.53. The van der Waals surface area contributed by atoms with Crippen molar-refractivity contribution in [3.63, 3.8) is 0 Å². The zero-order chi connectivity index (χ0) is 8.27. The molecular formula is C8H15ClO2. The summed E-state index contributed by atoms with van der Waals surface area (Å²) >= 11 is 6.05. The van der Waals surface area contributed by atoms with E-state index in [1.807, 2.05) is 0 Å². The molecule has 66 valence electrons. The maximum atomic E-state index is 6.05. The molecular weight excluding hydrogens is 164 g/mol. The largest absolute Gasteiger partial charge is 0.381 e. The number of halogens is 1. The van der Waals surface area contributed by atoms with Gasteiger partial charge < -0.3 is 9.47 Å². The molecule has 3 atom stereocenters. The number of hydrogen-bond donors (Lipinski definition) is 0. The summed E-state index contributed by atoms with van der Waals surface area (Å²) in [6.45, 7) is 0. The second kappa shape index (κ2) is 4.29. The fraction of sp³-hybridized carbons (Fsp3) is 1.00. The van der Waals surface area contributed by atoms with Gasteiger partial charge in [0.25, 0.3) is 0 Å². The Morgan fingerprint density at radius 2 is 1.91 bits per heavy atom. The Kier molecular flexibility index (Phi) is 3.63. The minimum absolute atomic E-state index is 0.124. The monoisotopic (exact) mass is 178 g/mol. The summed E-state index contributed by atoms with van der Waals surface area (Å²) in [5.41, 5.74) is 0. The first-order chi connectivity index (χ1) is 5.27. The van der Waals surface area contributed by atoms with Crippen LogP contribution in [0.5, 0.6) is 0 Å². The lowest BCUT2D eigenvalue weighted by Crippen LogP contribution is -2.34. The van der Waals surface area contributed by atoms with E-state index in [2.05, 4.69) is 0 Å². The Morgan fingerprint density at radius 1 is 1.18 bits per heavy atom. The van der Waals surface area contributed by atoms with Crippen LogP contribution in [0.25, 0.3) is 0 Å². The standard InChI is InChI=1S/C8H15ClO2/c1-10-6-3-4-8(11-2)7(9)5-6/h6-8H,3-5H2,1-2H3. The molecule has 1 aliphatic carbocycles. The van der Waals surface area contributed by atoms with Crippen LogP contribution in [0.15, 0.2) is 0 Å². The summed E-state index contributed by atoms with van der Waals surface area (Å²) in [7, 11) is 3.45. The van der Waals surface area contributed by atoms with Gasteiger partial charge in [0.2, 0.25) is 0 Å². The molecule has 0 radical (unpaired) electrons. The molecule has 3 heteroatoms. The van der Waals surface area contributed by atoms with Gasteiger partial charge in [-0.3, -0.25) is 0 Å². The maximum absolute atomic E-state index is 6.05. The minimum Gasteiger partial charge on any atom is -0.381 e. The van der Waals surface area contributed by atoms with E-state index in [9.17, 15) is 0 Å². The number of rotatable bonds is 2. The average Bonchev–Trinajstić information content (AvgIpc) is 2.04. The van der Waals surface area contributed by atoms with E-state index in [0.717, 1.165) is 19.3 Å². The van der Waals surface area contributed by atoms with Crippen LogP contribution in [0.2, 0.25) is 0 Å². The van der Waals surface area contributed by atoms with Gasteiger partial charge in [0.1, 0.15) is 0 Å². The molecule has 0 saturated heterocycles. The third-order valence-electron chi connectivity index (χ3n) is 2.30. The first-order valence-corrected chi connectivity index (χ1v) is 4.41. The lowest BCUT2D eigenvalue weighted by Gasteiger charge is -2.30. The second-order valence-electron chi connectivity index (χ2n) is 2.96. The predicted octanol–water partition coefficient (Wildman–Crippen LogP) is 1.81. The van der Waals surface area contributed by atoms with Gasteiger partial charge in [-0.25, -0.2) is 0 Å². The van der Waals surface area contributed by atoms with Gasteiger partial charge in [-0.15, -0.1) is 11.6 Å². The van der Waals surface area contributed by atoms with E-state index >= 15 is 0 Å². The van der Waals surface area contributed by atoms with E-state index < -0.39 is 0 Å². The smallest absolute Gasteiger partial charge is 0.0736 e. The second-order valence-corrected chi connectivity index (χ2v) is 3.52. The van der Waals surface area contributed by atoms with Gasteiger partial charge in [-0.2, -0.15) is 0 Å². The van der Waals surface area contributed by atoms with Gasteiger partial charge >= 0.3 is 0 Å². The lowest BCUT2D eigenvalue weighted by molar-refractivity contribution is 0.00756. The van der Waals surface area contributed by atoms with E-state index in [1.54, 1.807) is 14.2 Å². The van der Waals surface area contributed by atoms with Crippen molar-refractivity contribution in [1.82, 2.24) is 0 Å². The van der Waals surface area contributed by atoms with Gasteiger partial charge in [0.05, 0.1) is 17.6 Å². The van der Waals surface area contributed by atoms with Gasteiger partial charge in [0, 0.05) is 14.2 Å². The Balaban J connectivity index is 2.34. The van der Waals surface area contributed by atoms with Crippen LogP contribution in [0, 0.1) is 0 Å². The molecule has 0 aromatic rings. The van der Waals surface area contributed by atoms with Crippen LogP contribution in [-0.4, -0.2) is 31.8 Å². The molecule has 0 heterocycles. The van der Waals surface area contributed by atoms with E-state index in [4.69, 9.17) is 21.1 Å². The number of hydrogen-bond acceptors (Lipinski definition) is 2. The van der Waals surface area contributed by atoms with E-state index in [0.29, 0.717) is 6.10 Å². The highest BCUT2D eigenvalue weighted by atomic mass is 35.5. The Morgan fingerprint density at radius 3 is 2.36 bits per heavy atom. The zero-order valence-electron chi connectivity index (χ0n) is 7.05. The number of alkyl halides is 1. The zero-order valence-corrected chi connectivity index (χ0v) is 7.80. The molecule has 3 unspecified atom stereocenters. The van der Waals surface area contributed by atoms with Crippen LogP contribution >= 0.6 is 11.6 Å². The van der Waals surface area contributed by atoms with Crippen molar-refractivity contribution in [3.05, 3.63) is 0 Å². The Labute approximate surface area is 72.8 Å². The molecule has 0 bridgehead atoms. The molecule has 1 aliphatic rings. The van der Waals surface area contributed by atoms with Gasteiger partial charge in [-0.1, -0.05) is 0 Å². The van der Waals surface area contributed by atoms with Crippen LogP contribution in [-0.2, 0) is 9.47 Å². The van der Waals surface area contributed by atoms with Crippen LogP contribution in [0.1, 0.15) is 19.3 Å². The van der Waals surface area contributed by atoms with Crippen LogP contribution in [0.4, 0.5) is 0 Å².